The van der Waals surface area contributed by atoms with Gasteiger partial charge in [0.05, 0.1) is 15.9 Å². The molecular weight excluding hydrogens is 498 g/mol. The zero-order valence-electron chi connectivity index (χ0n) is 18.0. The highest BCUT2D eigenvalue weighted by molar-refractivity contribution is 7.20. The second-order valence-electron chi connectivity index (χ2n) is 7.61. The van der Waals surface area contributed by atoms with Gasteiger partial charge in [-0.05, 0) is 31.4 Å². The molecule has 1 aliphatic heterocycles. The van der Waals surface area contributed by atoms with E-state index in [2.05, 4.69) is 10.3 Å². The number of carboxylic acids is 1. The number of benzene rings is 1. The average molecular weight is 520 g/mol. The van der Waals surface area contributed by atoms with Crippen molar-refractivity contribution in [2.45, 2.75) is 44.6 Å². The zero-order valence-corrected chi connectivity index (χ0v) is 19.5. The number of anilines is 1. The van der Waals surface area contributed by atoms with Gasteiger partial charge in [0, 0.05) is 35.7 Å². The number of carbonyl (C=O) groups is 1. The Kier molecular flexibility index (Phi) is 8.34. The Morgan fingerprint density at radius 1 is 1.38 bits per heavy atom. The molecule has 1 aromatic carbocycles. The summed E-state index contributed by atoms with van der Waals surface area (Å²) in [6, 6.07) is 8.50. The molecule has 0 amide bonds. The molecule has 0 saturated carbocycles. The lowest BCUT2D eigenvalue weighted by Gasteiger charge is -2.28. The molecule has 4 rings (SSSR count). The Morgan fingerprint density at radius 3 is 2.68 bits per heavy atom. The normalized spacial score (nSPS) is 18.3. The molecule has 1 saturated heterocycles. The summed E-state index contributed by atoms with van der Waals surface area (Å²) in [4.78, 5) is 14.5. The Hall–Kier alpha value is -2.47. The Bertz CT molecular complexity index is 1170. The molecule has 12 heteroatoms. The highest BCUT2D eigenvalue weighted by Gasteiger charge is 2.38. The minimum Gasteiger partial charge on any atom is -0.475 e. The van der Waals surface area contributed by atoms with Gasteiger partial charge in [-0.3, -0.25) is 0 Å². The van der Waals surface area contributed by atoms with Gasteiger partial charge in [-0.2, -0.15) is 13.2 Å². The van der Waals surface area contributed by atoms with Crippen LogP contribution in [0.3, 0.4) is 0 Å². The molecule has 0 radical (unpaired) electrons. The van der Waals surface area contributed by atoms with Crippen molar-refractivity contribution in [3.8, 4) is 0 Å². The minimum atomic E-state index is -5.08. The van der Waals surface area contributed by atoms with Crippen molar-refractivity contribution in [3.63, 3.8) is 0 Å². The van der Waals surface area contributed by atoms with Crippen molar-refractivity contribution in [1.29, 1.82) is 0 Å². The van der Waals surface area contributed by atoms with Crippen molar-refractivity contribution < 1.29 is 32.2 Å². The van der Waals surface area contributed by atoms with Crippen LogP contribution in [0.2, 0.25) is 5.15 Å². The number of ether oxygens (including phenoxy) is 1. The number of alkyl halides is 3. The summed E-state index contributed by atoms with van der Waals surface area (Å²) in [6.45, 7) is 3.12. The molecule has 0 spiro atoms. The second-order valence-corrected chi connectivity index (χ2v) is 9.05. The lowest BCUT2D eigenvalue weighted by molar-refractivity contribution is -0.192. The maximum atomic E-state index is 13.9. The predicted molar refractivity (Wildman–Crippen MR) is 123 cm³/mol. The average Bonchev–Trinajstić information content (AvgIpc) is 3.09. The minimum absolute atomic E-state index is 0.0178. The molecule has 6 nitrogen and oxygen atoms in total. The fourth-order valence-corrected chi connectivity index (χ4v) is 5.03. The third kappa shape index (κ3) is 6.15. The number of aromatic nitrogens is 1. The molecule has 4 N–H and O–H groups in total. The molecule has 3 heterocycles. The van der Waals surface area contributed by atoms with Crippen LogP contribution in [-0.4, -0.2) is 34.9 Å². The molecular formula is C22H22ClF4N3O3S. The number of halogens is 5. The van der Waals surface area contributed by atoms with Crippen LogP contribution in [0.15, 0.2) is 30.3 Å². The summed E-state index contributed by atoms with van der Waals surface area (Å²) < 4.78 is 52.6. The Morgan fingerprint density at radius 2 is 2.06 bits per heavy atom. The number of hydrogen-bond donors (Lipinski definition) is 3. The van der Waals surface area contributed by atoms with E-state index >= 15 is 0 Å². The summed E-state index contributed by atoms with van der Waals surface area (Å²) in [5, 5.41) is 10.8. The summed E-state index contributed by atoms with van der Waals surface area (Å²) in [5.41, 5.74) is 9.64. The van der Waals surface area contributed by atoms with Crippen LogP contribution < -0.4 is 11.1 Å². The number of carboxylic acid groups (broad SMARTS) is 1. The van der Waals surface area contributed by atoms with Gasteiger partial charge in [-0.25, -0.2) is 14.2 Å². The van der Waals surface area contributed by atoms with Crippen LogP contribution in [0.4, 0.5) is 23.2 Å². The molecule has 0 aliphatic carbocycles. The SMILES string of the molecule is Cc1c([C@H]2OCCC[C@@H]2N)sc2c(NCc3ccccc3F)cc(Cl)nc12.O=C(O)C(F)(F)F. The van der Waals surface area contributed by atoms with Crippen LogP contribution in [-0.2, 0) is 16.1 Å². The van der Waals surface area contributed by atoms with Crippen molar-refractivity contribution in [2.24, 2.45) is 5.73 Å². The van der Waals surface area contributed by atoms with Crippen molar-refractivity contribution in [1.82, 2.24) is 4.98 Å². The number of rotatable bonds is 4. The number of fused-ring (bicyclic) bond motifs is 1. The molecule has 3 aromatic rings. The predicted octanol–water partition coefficient (Wildman–Crippen LogP) is 5.82. The van der Waals surface area contributed by atoms with Gasteiger partial charge in [-0.1, -0.05) is 29.8 Å². The topological polar surface area (TPSA) is 97.5 Å². The largest absolute Gasteiger partial charge is 0.490 e. The second kappa shape index (κ2) is 10.9. The molecule has 2 aromatic heterocycles. The van der Waals surface area contributed by atoms with Crippen molar-refractivity contribution >= 4 is 44.8 Å². The van der Waals surface area contributed by atoms with E-state index in [1.807, 2.05) is 13.0 Å². The number of nitrogens with zero attached hydrogens (tertiary/aromatic N) is 1. The molecule has 34 heavy (non-hydrogen) atoms. The first kappa shape index (κ1) is 26.1. The molecule has 184 valence electrons. The molecule has 1 aliphatic rings. The zero-order chi connectivity index (χ0) is 25.0. The lowest BCUT2D eigenvalue weighted by atomic mass is 10.00. The van der Waals surface area contributed by atoms with Gasteiger partial charge in [0.1, 0.15) is 17.1 Å². The van der Waals surface area contributed by atoms with E-state index in [0.717, 1.165) is 45.8 Å². The number of aliphatic carboxylic acids is 1. The third-order valence-electron chi connectivity index (χ3n) is 5.17. The fourth-order valence-electron chi connectivity index (χ4n) is 3.47. The standard InChI is InChI=1S/C20H21ClFN3OS.C2HF3O2/c1-11-17-20(27-19(11)18-14(23)7-4-8-26-18)15(9-16(21)25-17)24-10-12-5-2-3-6-13(12)22;3-2(4,5)1(6)7/h2-3,5-6,9,14,18H,4,7-8,10,23H2,1H3,(H,24,25);(H,6,7)/t14-,18-;/m0./s1. The summed E-state index contributed by atoms with van der Waals surface area (Å²) >= 11 is 7.88. The summed E-state index contributed by atoms with van der Waals surface area (Å²) in [5.74, 6) is -2.99. The van der Waals surface area contributed by atoms with Crippen LogP contribution in [0.5, 0.6) is 0 Å². The quantitative estimate of drug-likeness (QED) is 0.297. The van der Waals surface area contributed by atoms with E-state index in [-0.39, 0.29) is 18.0 Å². The first-order chi connectivity index (χ1) is 16.0. The number of nitrogens with two attached hydrogens (primary N) is 1. The summed E-state index contributed by atoms with van der Waals surface area (Å²) in [7, 11) is 0. The molecule has 0 bridgehead atoms. The van der Waals surface area contributed by atoms with Gasteiger partial charge in [0.25, 0.3) is 0 Å². The number of thiophene rings is 1. The van der Waals surface area contributed by atoms with Gasteiger partial charge >= 0.3 is 12.1 Å². The van der Waals surface area contributed by atoms with E-state index in [1.54, 1.807) is 29.5 Å². The first-order valence-electron chi connectivity index (χ1n) is 10.2. The van der Waals surface area contributed by atoms with Crippen LogP contribution >= 0.6 is 22.9 Å². The van der Waals surface area contributed by atoms with Crippen molar-refractivity contribution in [2.75, 3.05) is 11.9 Å². The van der Waals surface area contributed by atoms with E-state index in [0.29, 0.717) is 17.3 Å². The molecule has 0 unspecified atom stereocenters. The maximum Gasteiger partial charge on any atom is 0.490 e. The maximum absolute atomic E-state index is 13.9. The lowest BCUT2D eigenvalue weighted by Crippen LogP contribution is -2.34. The van der Waals surface area contributed by atoms with E-state index in [9.17, 15) is 17.6 Å². The Labute approximate surface area is 201 Å². The van der Waals surface area contributed by atoms with E-state index in [4.69, 9.17) is 32.0 Å². The number of aryl methyl sites for hydroxylation is 1. The monoisotopic (exact) mass is 519 g/mol. The summed E-state index contributed by atoms with van der Waals surface area (Å²) in [6.07, 6.45) is -3.26. The third-order valence-corrected chi connectivity index (χ3v) is 6.74. The number of nitrogens with one attached hydrogen (secondary N) is 1. The van der Waals surface area contributed by atoms with Crippen LogP contribution in [0, 0.1) is 12.7 Å². The van der Waals surface area contributed by atoms with Gasteiger partial charge in [-0.15, -0.1) is 11.3 Å². The fraction of sp³-hybridized carbons (Fsp3) is 0.364. The van der Waals surface area contributed by atoms with Crippen molar-refractivity contribution in [3.05, 3.63) is 57.3 Å². The molecule has 1 fully saturated rings. The number of hydrogen-bond acceptors (Lipinski definition) is 6. The van der Waals surface area contributed by atoms with Crippen LogP contribution in [0.25, 0.3) is 10.2 Å². The Balaban J connectivity index is 0.000000406. The van der Waals surface area contributed by atoms with Gasteiger partial charge < -0.3 is 20.9 Å². The highest BCUT2D eigenvalue weighted by Crippen LogP contribution is 2.42. The van der Waals surface area contributed by atoms with Gasteiger partial charge in [0.2, 0.25) is 0 Å². The van der Waals surface area contributed by atoms with E-state index < -0.39 is 12.1 Å². The smallest absolute Gasteiger partial charge is 0.475 e. The number of pyridine rings is 1. The molecule has 2 atom stereocenters. The van der Waals surface area contributed by atoms with Crippen LogP contribution in [0.1, 0.15) is 34.9 Å². The van der Waals surface area contributed by atoms with Gasteiger partial charge in [0.15, 0.2) is 0 Å². The van der Waals surface area contributed by atoms with E-state index in [1.165, 1.54) is 6.07 Å². The highest BCUT2D eigenvalue weighted by atomic mass is 35.5. The first-order valence-corrected chi connectivity index (χ1v) is 11.4.